The van der Waals surface area contributed by atoms with E-state index in [-0.39, 0.29) is 4.75 Å². The maximum absolute atomic E-state index is 8.76. The summed E-state index contributed by atoms with van der Waals surface area (Å²) in [7, 11) is 0. The van der Waals surface area contributed by atoms with Crippen LogP contribution < -0.4 is 0 Å². The topological polar surface area (TPSA) is 23.8 Å². The molecular formula is C8H8ClNS2. The molecule has 0 saturated carbocycles. The molecule has 1 nitrogen and oxygen atoms in total. The van der Waals surface area contributed by atoms with E-state index in [0.29, 0.717) is 0 Å². The SMILES string of the molecule is CC(C)(C#N)Sc1ccc(Cl)s1. The Kier molecular flexibility index (Phi) is 3.05. The number of hydrogen-bond acceptors (Lipinski definition) is 3. The van der Waals surface area contributed by atoms with Gasteiger partial charge in [-0.25, -0.2) is 0 Å². The number of hydrogen-bond donors (Lipinski definition) is 0. The average molecular weight is 218 g/mol. The van der Waals surface area contributed by atoms with Crippen molar-refractivity contribution in [3.8, 4) is 6.07 Å². The molecule has 0 saturated heterocycles. The standard InChI is InChI=1S/C8H8ClNS2/c1-8(2,5-10)12-7-4-3-6(9)11-7/h3-4H,1-2H3. The fourth-order valence-corrected chi connectivity index (χ4v) is 3.29. The van der Waals surface area contributed by atoms with Crippen LogP contribution in [0.5, 0.6) is 0 Å². The summed E-state index contributed by atoms with van der Waals surface area (Å²) in [4.78, 5) is 0. The van der Waals surface area contributed by atoms with Gasteiger partial charge in [-0.05, 0) is 26.0 Å². The zero-order valence-corrected chi connectivity index (χ0v) is 9.19. The van der Waals surface area contributed by atoms with Crippen LogP contribution in [0.4, 0.5) is 0 Å². The van der Waals surface area contributed by atoms with Gasteiger partial charge in [-0.2, -0.15) is 5.26 Å². The number of nitrogens with zero attached hydrogens (tertiary/aromatic N) is 1. The minimum absolute atomic E-state index is 0.367. The van der Waals surface area contributed by atoms with E-state index < -0.39 is 0 Å². The van der Waals surface area contributed by atoms with Gasteiger partial charge in [0.15, 0.2) is 0 Å². The largest absolute Gasteiger partial charge is 0.197 e. The third-order valence-corrected chi connectivity index (χ3v) is 3.64. The Morgan fingerprint density at radius 3 is 2.67 bits per heavy atom. The van der Waals surface area contributed by atoms with Crippen LogP contribution in [0.1, 0.15) is 13.8 Å². The third-order valence-electron chi connectivity index (χ3n) is 1.17. The van der Waals surface area contributed by atoms with Crippen molar-refractivity contribution in [1.82, 2.24) is 0 Å². The summed E-state index contributed by atoms with van der Waals surface area (Å²) < 4.78 is 1.49. The molecule has 0 amide bonds. The number of halogens is 1. The Morgan fingerprint density at radius 2 is 2.25 bits per heavy atom. The number of thioether (sulfide) groups is 1. The summed E-state index contributed by atoms with van der Waals surface area (Å²) in [6, 6.07) is 6.02. The molecule has 0 bridgehead atoms. The van der Waals surface area contributed by atoms with Gasteiger partial charge in [0.2, 0.25) is 0 Å². The van der Waals surface area contributed by atoms with Crippen molar-refractivity contribution < 1.29 is 0 Å². The van der Waals surface area contributed by atoms with Gasteiger partial charge in [-0.1, -0.05) is 23.4 Å². The molecular weight excluding hydrogens is 210 g/mol. The molecule has 1 heterocycles. The Morgan fingerprint density at radius 1 is 1.58 bits per heavy atom. The van der Waals surface area contributed by atoms with Gasteiger partial charge < -0.3 is 0 Å². The molecule has 0 aliphatic heterocycles. The molecule has 0 unspecified atom stereocenters. The smallest absolute Gasteiger partial charge is 0.102 e. The molecule has 1 aromatic rings. The Bertz CT molecular complexity index is 311. The second-order valence-electron chi connectivity index (χ2n) is 2.78. The van der Waals surface area contributed by atoms with Gasteiger partial charge in [0, 0.05) is 0 Å². The summed E-state index contributed by atoms with van der Waals surface area (Å²) in [6.45, 7) is 3.79. The fraction of sp³-hybridized carbons (Fsp3) is 0.375. The molecule has 0 radical (unpaired) electrons. The van der Waals surface area contributed by atoms with Crippen molar-refractivity contribution in [2.45, 2.75) is 22.8 Å². The van der Waals surface area contributed by atoms with E-state index in [0.717, 1.165) is 8.55 Å². The molecule has 0 spiro atoms. The summed E-state index contributed by atoms with van der Waals surface area (Å²) in [6.07, 6.45) is 0. The van der Waals surface area contributed by atoms with E-state index in [2.05, 4.69) is 6.07 Å². The average Bonchev–Trinajstić information content (AvgIpc) is 2.35. The minimum atomic E-state index is -0.367. The lowest BCUT2D eigenvalue weighted by molar-refractivity contribution is 0.915. The molecule has 0 aliphatic rings. The van der Waals surface area contributed by atoms with Crippen molar-refractivity contribution in [2.75, 3.05) is 0 Å². The van der Waals surface area contributed by atoms with Crippen LogP contribution in [0, 0.1) is 11.3 Å². The van der Waals surface area contributed by atoms with E-state index in [9.17, 15) is 0 Å². The van der Waals surface area contributed by atoms with Gasteiger partial charge in [0.05, 0.1) is 14.6 Å². The highest BCUT2D eigenvalue weighted by Gasteiger charge is 2.18. The van der Waals surface area contributed by atoms with E-state index in [1.807, 2.05) is 26.0 Å². The van der Waals surface area contributed by atoms with Gasteiger partial charge in [-0.3, -0.25) is 0 Å². The van der Waals surface area contributed by atoms with Crippen molar-refractivity contribution >= 4 is 34.7 Å². The quantitative estimate of drug-likeness (QED) is 0.704. The van der Waals surface area contributed by atoms with Crippen molar-refractivity contribution in [3.63, 3.8) is 0 Å². The lowest BCUT2D eigenvalue weighted by Crippen LogP contribution is -2.09. The first-order chi connectivity index (χ1) is 5.53. The number of rotatable bonds is 2. The van der Waals surface area contributed by atoms with E-state index in [1.54, 1.807) is 0 Å². The number of nitriles is 1. The molecule has 0 atom stereocenters. The van der Waals surface area contributed by atoms with Gasteiger partial charge in [0.25, 0.3) is 0 Å². The molecule has 0 aliphatic carbocycles. The Hall–Kier alpha value is -0.170. The normalized spacial score (nSPS) is 11.2. The third kappa shape index (κ3) is 2.71. The lowest BCUT2D eigenvalue weighted by atomic mass is 10.2. The monoisotopic (exact) mass is 217 g/mol. The highest BCUT2D eigenvalue weighted by Crippen LogP contribution is 2.37. The molecule has 12 heavy (non-hydrogen) atoms. The van der Waals surface area contributed by atoms with Crippen LogP contribution in [0.2, 0.25) is 4.34 Å². The molecule has 1 rings (SSSR count). The second-order valence-corrected chi connectivity index (χ2v) is 6.42. The molecule has 64 valence electrons. The van der Waals surface area contributed by atoms with Crippen LogP contribution in [0.15, 0.2) is 16.3 Å². The van der Waals surface area contributed by atoms with Gasteiger partial charge >= 0.3 is 0 Å². The summed E-state index contributed by atoms with van der Waals surface area (Å²) in [5, 5.41) is 8.76. The zero-order valence-electron chi connectivity index (χ0n) is 6.80. The van der Waals surface area contributed by atoms with E-state index in [1.165, 1.54) is 23.1 Å². The molecule has 0 aromatic carbocycles. The Balaban J connectivity index is 2.72. The first-order valence-corrected chi connectivity index (χ1v) is 5.40. The van der Waals surface area contributed by atoms with Crippen LogP contribution in [-0.2, 0) is 0 Å². The van der Waals surface area contributed by atoms with Gasteiger partial charge in [-0.15, -0.1) is 11.3 Å². The summed E-state index contributed by atoms with van der Waals surface area (Å²) >= 11 is 8.80. The summed E-state index contributed by atoms with van der Waals surface area (Å²) in [5.41, 5.74) is 0. The predicted molar refractivity (Wildman–Crippen MR) is 54.9 cm³/mol. The van der Waals surface area contributed by atoms with Crippen molar-refractivity contribution in [1.29, 1.82) is 5.26 Å². The lowest BCUT2D eigenvalue weighted by Gasteiger charge is -2.11. The molecule has 0 N–H and O–H groups in total. The van der Waals surface area contributed by atoms with Gasteiger partial charge in [0.1, 0.15) is 4.75 Å². The fourth-order valence-electron chi connectivity index (χ4n) is 0.627. The molecule has 1 aromatic heterocycles. The summed E-state index contributed by atoms with van der Waals surface area (Å²) in [5.74, 6) is 0. The predicted octanol–water partition coefficient (Wildman–Crippen LogP) is 3.80. The first-order valence-electron chi connectivity index (χ1n) is 3.39. The number of thiophene rings is 1. The van der Waals surface area contributed by atoms with E-state index in [4.69, 9.17) is 16.9 Å². The first kappa shape index (κ1) is 9.91. The molecule has 0 fully saturated rings. The van der Waals surface area contributed by atoms with Crippen LogP contribution in [-0.4, -0.2) is 4.75 Å². The maximum Gasteiger partial charge on any atom is 0.102 e. The van der Waals surface area contributed by atoms with Crippen LogP contribution in [0.25, 0.3) is 0 Å². The van der Waals surface area contributed by atoms with Crippen molar-refractivity contribution in [2.24, 2.45) is 0 Å². The second kappa shape index (κ2) is 3.69. The minimum Gasteiger partial charge on any atom is -0.197 e. The zero-order chi connectivity index (χ0) is 9.19. The highest BCUT2D eigenvalue weighted by atomic mass is 35.5. The Labute approximate surface area is 85.4 Å². The van der Waals surface area contributed by atoms with Crippen LogP contribution in [0.3, 0.4) is 0 Å². The molecule has 4 heteroatoms. The maximum atomic E-state index is 8.76. The van der Waals surface area contributed by atoms with Crippen molar-refractivity contribution in [3.05, 3.63) is 16.5 Å². The van der Waals surface area contributed by atoms with Crippen LogP contribution >= 0.6 is 34.7 Å². The highest BCUT2D eigenvalue weighted by molar-refractivity contribution is 8.02. The van der Waals surface area contributed by atoms with E-state index >= 15 is 0 Å².